The van der Waals surface area contributed by atoms with Crippen molar-refractivity contribution in [3.05, 3.63) is 34.9 Å². The molecule has 0 saturated heterocycles. The van der Waals surface area contributed by atoms with Gasteiger partial charge in [0, 0.05) is 12.3 Å². The van der Waals surface area contributed by atoms with Gasteiger partial charge in [-0.15, -0.1) is 0 Å². The Bertz CT molecular complexity index is 729. The maximum Gasteiger partial charge on any atom is 0.302 e. The van der Waals surface area contributed by atoms with Crippen molar-refractivity contribution in [3.63, 3.8) is 0 Å². The molecule has 0 heterocycles. The lowest BCUT2D eigenvalue weighted by molar-refractivity contribution is -0.152. The zero-order valence-corrected chi connectivity index (χ0v) is 16.2. The fourth-order valence-corrected chi connectivity index (χ4v) is 5.23. The summed E-state index contributed by atoms with van der Waals surface area (Å²) in [5.41, 5.74) is 3.20. The van der Waals surface area contributed by atoms with Crippen molar-refractivity contribution >= 4 is 12.0 Å². The van der Waals surface area contributed by atoms with E-state index in [1.54, 1.807) is 0 Å². The fourth-order valence-electron chi connectivity index (χ4n) is 5.23. The Morgan fingerprint density at radius 2 is 1.92 bits per heavy atom. The molecule has 0 spiro atoms. The molecule has 3 atom stereocenters. The molecule has 3 nitrogen and oxygen atoms in total. The summed E-state index contributed by atoms with van der Waals surface area (Å²) in [6.07, 6.45) is 6.11. The minimum Gasteiger partial charge on any atom is -0.508 e. The number of esters is 1. The molecule has 2 aliphatic carbocycles. The van der Waals surface area contributed by atoms with Gasteiger partial charge in [0.15, 0.2) is 0 Å². The van der Waals surface area contributed by atoms with Gasteiger partial charge in [0.25, 0.3) is 0 Å². The molecule has 1 N–H and O–H groups in total. The average Bonchev–Trinajstić information content (AvgIpc) is 2.44. The molecule has 0 bridgehead atoms. The summed E-state index contributed by atoms with van der Waals surface area (Å²) >= 11 is 0. The highest BCUT2D eigenvalue weighted by molar-refractivity contribution is 5.67. The summed E-state index contributed by atoms with van der Waals surface area (Å²) in [4.78, 5) is 11.5. The Labute approximate surface area is 151 Å². The summed E-state index contributed by atoms with van der Waals surface area (Å²) < 4.78 is 5.62. The highest BCUT2D eigenvalue weighted by Crippen LogP contribution is 2.57. The number of aromatic hydroxyl groups is 1. The number of hydrogen-bond donors (Lipinski definition) is 1. The Balaban J connectivity index is 2.11. The van der Waals surface area contributed by atoms with Crippen molar-refractivity contribution < 1.29 is 14.6 Å². The largest absolute Gasteiger partial charge is 0.508 e. The van der Waals surface area contributed by atoms with Crippen LogP contribution in [0.1, 0.15) is 77.0 Å². The lowest BCUT2D eigenvalue weighted by Crippen LogP contribution is -2.51. The second-order valence-electron chi connectivity index (χ2n) is 9.04. The van der Waals surface area contributed by atoms with E-state index < -0.39 is 0 Å². The lowest BCUT2D eigenvalue weighted by Gasteiger charge is -2.54. The van der Waals surface area contributed by atoms with Crippen LogP contribution >= 0.6 is 0 Å². The normalized spacial score (nSPS) is 29.9. The second kappa shape index (κ2) is 5.89. The summed E-state index contributed by atoms with van der Waals surface area (Å²) in [5.74, 6) is 0.785. The number of hydrogen-bond acceptors (Lipinski definition) is 3. The third kappa shape index (κ3) is 2.98. The van der Waals surface area contributed by atoms with E-state index in [0.717, 1.165) is 18.4 Å². The van der Waals surface area contributed by atoms with E-state index >= 15 is 0 Å². The van der Waals surface area contributed by atoms with Gasteiger partial charge in [0.2, 0.25) is 0 Å². The number of carbonyl (C=O) groups excluding carboxylic acids is 1. The number of fused-ring (bicyclic) bond motifs is 3. The van der Waals surface area contributed by atoms with Crippen LogP contribution in [0.2, 0.25) is 0 Å². The molecule has 0 amide bonds. The van der Waals surface area contributed by atoms with Gasteiger partial charge in [-0.25, -0.2) is 0 Å². The summed E-state index contributed by atoms with van der Waals surface area (Å²) in [6.45, 7) is 12.4. The number of carbonyl (C=O) groups is 1. The number of phenolic OH excluding ortho intramolecular Hbond substituents is 1. The van der Waals surface area contributed by atoms with Crippen molar-refractivity contribution in [2.24, 2.45) is 11.3 Å². The second-order valence-corrected chi connectivity index (χ2v) is 9.04. The maximum absolute atomic E-state index is 11.5. The first-order chi connectivity index (χ1) is 11.5. The lowest BCUT2D eigenvalue weighted by atomic mass is 9.51. The van der Waals surface area contributed by atoms with Gasteiger partial charge < -0.3 is 9.84 Å². The molecule has 3 rings (SSSR count). The minimum atomic E-state index is -0.215. The molecule has 1 fully saturated rings. The smallest absolute Gasteiger partial charge is 0.302 e. The third-order valence-corrected chi connectivity index (χ3v) is 6.17. The molecule has 2 aliphatic rings. The Morgan fingerprint density at radius 3 is 2.52 bits per heavy atom. The zero-order valence-electron chi connectivity index (χ0n) is 16.2. The van der Waals surface area contributed by atoms with Gasteiger partial charge in [-0.2, -0.15) is 0 Å². The molecule has 0 aliphatic heterocycles. The van der Waals surface area contributed by atoms with Gasteiger partial charge in [-0.3, -0.25) is 4.79 Å². The summed E-state index contributed by atoms with van der Waals surface area (Å²) in [6, 6.07) is 4.07. The van der Waals surface area contributed by atoms with Gasteiger partial charge in [0.05, 0.1) is 0 Å². The Morgan fingerprint density at radius 1 is 1.24 bits per heavy atom. The molecule has 0 aromatic heterocycles. The predicted octanol–water partition coefficient (Wildman–Crippen LogP) is 5.17. The monoisotopic (exact) mass is 342 g/mol. The quantitative estimate of drug-likeness (QED) is 0.754. The molecule has 25 heavy (non-hydrogen) atoms. The number of phenols is 1. The summed E-state index contributed by atoms with van der Waals surface area (Å²) in [5, 5.41) is 10.6. The SMILES string of the molecule is CC(=O)O[C@H]1CC(C)(C)[C@@H]2C=Cc3cc(C(C)C)c(O)cc3[C@@]2(C)C1. The highest BCUT2D eigenvalue weighted by atomic mass is 16.5. The van der Waals surface area contributed by atoms with Gasteiger partial charge in [-0.1, -0.05) is 46.8 Å². The van der Waals surface area contributed by atoms with Crippen molar-refractivity contribution in [1.82, 2.24) is 0 Å². The van der Waals surface area contributed by atoms with Crippen molar-refractivity contribution in [2.75, 3.05) is 0 Å². The Hall–Kier alpha value is -1.77. The van der Waals surface area contributed by atoms with Crippen LogP contribution in [-0.2, 0) is 14.9 Å². The van der Waals surface area contributed by atoms with Crippen LogP contribution in [0.4, 0.5) is 0 Å². The predicted molar refractivity (Wildman–Crippen MR) is 101 cm³/mol. The highest BCUT2D eigenvalue weighted by Gasteiger charge is 2.52. The van der Waals surface area contributed by atoms with E-state index in [1.165, 1.54) is 18.1 Å². The fraction of sp³-hybridized carbons (Fsp3) is 0.591. The van der Waals surface area contributed by atoms with Crippen molar-refractivity contribution in [3.8, 4) is 5.75 Å². The molecule has 1 aromatic rings. The minimum absolute atomic E-state index is 0.0215. The van der Waals surface area contributed by atoms with Gasteiger partial charge >= 0.3 is 5.97 Å². The molecule has 3 heteroatoms. The number of allylic oxidation sites excluding steroid dienone is 1. The van der Waals surface area contributed by atoms with Crippen LogP contribution in [0, 0.1) is 11.3 Å². The first kappa shape index (κ1) is 18.0. The standard InChI is InChI=1S/C22H30O3/c1-13(2)17-9-15-7-8-20-21(4,5)11-16(25-14(3)23)12-22(20,6)18(15)10-19(17)24/h7-10,13,16,20,24H,11-12H2,1-6H3/t16-,20-,22+/m0/s1. The maximum atomic E-state index is 11.5. The zero-order chi connectivity index (χ0) is 18.6. The summed E-state index contributed by atoms with van der Waals surface area (Å²) in [7, 11) is 0. The number of ether oxygens (including phenoxy) is 1. The van der Waals surface area contributed by atoms with Crippen LogP contribution < -0.4 is 0 Å². The van der Waals surface area contributed by atoms with Crippen LogP contribution in [0.3, 0.4) is 0 Å². The molecule has 1 saturated carbocycles. The van der Waals surface area contributed by atoms with Crippen LogP contribution in [-0.4, -0.2) is 17.2 Å². The van der Waals surface area contributed by atoms with E-state index in [0.29, 0.717) is 11.7 Å². The van der Waals surface area contributed by atoms with Crippen LogP contribution in [0.25, 0.3) is 6.08 Å². The molecule has 0 radical (unpaired) electrons. The molecule has 0 unspecified atom stereocenters. The molecular formula is C22H30O3. The topological polar surface area (TPSA) is 46.5 Å². The first-order valence-corrected chi connectivity index (χ1v) is 9.27. The van der Waals surface area contributed by atoms with Crippen molar-refractivity contribution in [1.29, 1.82) is 0 Å². The van der Waals surface area contributed by atoms with E-state index in [9.17, 15) is 9.90 Å². The third-order valence-electron chi connectivity index (χ3n) is 6.17. The molecule has 1 aromatic carbocycles. The average molecular weight is 342 g/mol. The van der Waals surface area contributed by atoms with Crippen LogP contribution in [0.15, 0.2) is 18.2 Å². The van der Waals surface area contributed by atoms with Gasteiger partial charge in [0.1, 0.15) is 11.9 Å². The molecular weight excluding hydrogens is 312 g/mol. The Kier molecular flexibility index (Phi) is 4.25. The van der Waals surface area contributed by atoms with Gasteiger partial charge in [-0.05, 0) is 58.9 Å². The number of benzene rings is 1. The van der Waals surface area contributed by atoms with E-state index in [4.69, 9.17) is 4.74 Å². The number of rotatable bonds is 2. The van der Waals surface area contributed by atoms with Crippen LogP contribution in [0.5, 0.6) is 5.75 Å². The van der Waals surface area contributed by atoms with E-state index in [-0.39, 0.29) is 28.8 Å². The van der Waals surface area contributed by atoms with E-state index in [2.05, 4.69) is 52.8 Å². The van der Waals surface area contributed by atoms with Crippen molar-refractivity contribution in [2.45, 2.75) is 71.8 Å². The van der Waals surface area contributed by atoms with E-state index in [1.807, 2.05) is 6.07 Å². The molecule has 136 valence electrons. The first-order valence-electron chi connectivity index (χ1n) is 9.27.